The molecule has 0 aromatic heterocycles. The molecule has 0 aliphatic heterocycles. The summed E-state index contributed by atoms with van der Waals surface area (Å²) < 4.78 is 29.0. The van der Waals surface area contributed by atoms with Gasteiger partial charge in [-0.3, -0.25) is 4.79 Å². The molecule has 2 aromatic carbocycles. The van der Waals surface area contributed by atoms with Crippen LogP contribution in [0.5, 0.6) is 5.75 Å². The van der Waals surface area contributed by atoms with E-state index in [9.17, 15) is 13.2 Å². The molecule has 0 saturated heterocycles. The van der Waals surface area contributed by atoms with E-state index < -0.39 is 9.84 Å². The van der Waals surface area contributed by atoms with Gasteiger partial charge in [0.15, 0.2) is 9.84 Å². The number of anilines is 1. The summed E-state index contributed by atoms with van der Waals surface area (Å²) in [7, 11) is -3.36. The minimum Gasteiger partial charge on any atom is -0.494 e. The van der Waals surface area contributed by atoms with Crippen LogP contribution in [0.4, 0.5) is 5.69 Å². The van der Waals surface area contributed by atoms with E-state index in [4.69, 9.17) is 4.74 Å². The zero-order valence-electron chi connectivity index (χ0n) is 13.8. The molecular weight excluding hydrogens is 326 g/mol. The molecule has 0 aliphatic carbocycles. The molecule has 0 bridgehead atoms. The van der Waals surface area contributed by atoms with E-state index >= 15 is 0 Å². The molecule has 1 amide bonds. The van der Waals surface area contributed by atoms with Crippen LogP contribution < -0.4 is 10.1 Å². The molecule has 0 atom stereocenters. The minimum atomic E-state index is -3.36. The molecule has 0 fully saturated rings. The van der Waals surface area contributed by atoms with Crippen LogP contribution in [-0.2, 0) is 21.1 Å². The maximum Gasteiger partial charge on any atom is 0.228 e. The first-order valence-electron chi connectivity index (χ1n) is 7.71. The van der Waals surface area contributed by atoms with Crippen LogP contribution in [0.1, 0.15) is 18.9 Å². The lowest BCUT2D eigenvalue weighted by Gasteiger charge is -2.10. The van der Waals surface area contributed by atoms with Crippen molar-refractivity contribution in [3.05, 3.63) is 54.1 Å². The number of hydrogen-bond acceptors (Lipinski definition) is 4. The van der Waals surface area contributed by atoms with Crippen LogP contribution >= 0.6 is 0 Å². The Morgan fingerprint density at radius 1 is 1.08 bits per heavy atom. The maximum absolute atomic E-state index is 12.2. The molecule has 1 N–H and O–H groups in total. The van der Waals surface area contributed by atoms with Crippen molar-refractivity contribution in [3.8, 4) is 5.75 Å². The summed E-state index contributed by atoms with van der Waals surface area (Å²) in [5.41, 5.74) is 1.13. The number of amides is 1. The molecule has 6 heteroatoms. The van der Waals surface area contributed by atoms with Gasteiger partial charge in [-0.2, -0.15) is 0 Å². The predicted octanol–water partition coefficient (Wildman–Crippen LogP) is 3.06. The summed E-state index contributed by atoms with van der Waals surface area (Å²) in [6.07, 6.45) is 2.06. The monoisotopic (exact) mass is 347 g/mol. The van der Waals surface area contributed by atoms with Gasteiger partial charge in [-0.05, 0) is 42.3 Å². The molecule has 128 valence electrons. The number of ether oxygens (including phenoxy) is 1. The zero-order chi connectivity index (χ0) is 17.6. The van der Waals surface area contributed by atoms with E-state index in [1.165, 1.54) is 6.07 Å². The van der Waals surface area contributed by atoms with Crippen molar-refractivity contribution in [1.29, 1.82) is 0 Å². The van der Waals surface area contributed by atoms with Crippen LogP contribution in [-0.4, -0.2) is 27.2 Å². The van der Waals surface area contributed by atoms with Gasteiger partial charge in [0, 0.05) is 11.9 Å². The quantitative estimate of drug-likeness (QED) is 0.835. The molecule has 2 aromatic rings. The van der Waals surface area contributed by atoms with E-state index in [1.807, 2.05) is 6.92 Å². The summed E-state index contributed by atoms with van der Waals surface area (Å²) in [6, 6.07) is 13.6. The van der Waals surface area contributed by atoms with Gasteiger partial charge in [0.25, 0.3) is 0 Å². The Hall–Kier alpha value is -2.34. The second kappa shape index (κ2) is 7.97. The number of rotatable bonds is 7. The molecular formula is C18H21NO4S. The Bertz CT molecular complexity index is 798. The topological polar surface area (TPSA) is 72.5 Å². The van der Waals surface area contributed by atoms with E-state index in [0.29, 0.717) is 17.9 Å². The van der Waals surface area contributed by atoms with E-state index in [1.54, 1.807) is 42.5 Å². The molecule has 0 heterocycles. The van der Waals surface area contributed by atoms with Crippen LogP contribution in [0.3, 0.4) is 0 Å². The van der Waals surface area contributed by atoms with Gasteiger partial charge in [-0.1, -0.05) is 25.1 Å². The predicted molar refractivity (Wildman–Crippen MR) is 94.1 cm³/mol. The number of nitrogens with one attached hydrogen (secondary N) is 1. The highest BCUT2D eigenvalue weighted by atomic mass is 32.2. The van der Waals surface area contributed by atoms with Gasteiger partial charge in [-0.15, -0.1) is 0 Å². The first-order valence-corrected chi connectivity index (χ1v) is 9.60. The molecule has 5 nitrogen and oxygen atoms in total. The largest absolute Gasteiger partial charge is 0.494 e. The average Bonchev–Trinajstić information content (AvgIpc) is 2.53. The Morgan fingerprint density at radius 2 is 1.75 bits per heavy atom. The third-order valence-electron chi connectivity index (χ3n) is 3.33. The number of benzene rings is 2. The van der Waals surface area contributed by atoms with Gasteiger partial charge < -0.3 is 10.1 Å². The third-order valence-corrected chi connectivity index (χ3v) is 4.53. The fraction of sp³-hybridized carbons (Fsp3) is 0.278. The summed E-state index contributed by atoms with van der Waals surface area (Å²) in [5, 5.41) is 2.76. The summed E-state index contributed by atoms with van der Waals surface area (Å²) in [5.74, 6) is 0.477. The van der Waals surface area contributed by atoms with Crippen molar-refractivity contribution in [2.45, 2.75) is 24.7 Å². The second-order valence-electron chi connectivity index (χ2n) is 5.48. The Morgan fingerprint density at radius 3 is 2.38 bits per heavy atom. The van der Waals surface area contributed by atoms with E-state index in [-0.39, 0.29) is 17.2 Å². The minimum absolute atomic E-state index is 0.00265. The lowest BCUT2D eigenvalue weighted by Crippen LogP contribution is -2.16. The average molecular weight is 347 g/mol. The van der Waals surface area contributed by atoms with Crippen molar-refractivity contribution < 1.29 is 17.9 Å². The third kappa shape index (κ3) is 5.09. The zero-order valence-corrected chi connectivity index (χ0v) is 14.6. The number of sulfone groups is 1. The number of carbonyl (C=O) groups excluding carboxylic acids is 1. The van der Waals surface area contributed by atoms with Crippen molar-refractivity contribution in [1.82, 2.24) is 0 Å². The van der Waals surface area contributed by atoms with E-state index in [0.717, 1.165) is 18.4 Å². The Kier molecular flexibility index (Phi) is 5.98. The second-order valence-corrected chi connectivity index (χ2v) is 7.46. The first kappa shape index (κ1) is 18.0. The molecule has 0 aliphatic rings. The van der Waals surface area contributed by atoms with Gasteiger partial charge in [-0.25, -0.2) is 8.42 Å². The first-order chi connectivity index (χ1) is 11.4. The highest BCUT2D eigenvalue weighted by Gasteiger charge is 2.15. The van der Waals surface area contributed by atoms with Crippen molar-refractivity contribution in [2.24, 2.45) is 0 Å². The fourth-order valence-corrected chi connectivity index (χ4v) is 3.19. The summed E-state index contributed by atoms with van der Waals surface area (Å²) in [4.78, 5) is 12.4. The molecule has 0 spiro atoms. The molecule has 0 saturated carbocycles. The summed E-state index contributed by atoms with van der Waals surface area (Å²) >= 11 is 0. The SMILES string of the molecule is CCCOc1ccc(NC(=O)Cc2ccccc2S(C)(=O)=O)cc1. The van der Waals surface area contributed by atoms with Crippen molar-refractivity contribution in [3.63, 3.8) is 0 Å². The highest BCUT2D eigenvalue weighted by molar-refractivity contribution is 7.90. The van der Waals surface area contributed by atoms with Gasteiger partial charge in [0.05, 0.1) is 17.9 Å². The lowest BCUT2D eigenvalue weighted by molar-refractivity contribution is -0.115. The van der Waals surface area contributed by atoms with Crippen LogP contribution in [0, 0.1) is 0 Å². The van der Waals surface area contributed by atoms with Gasteiger partial charge in [0.1, 0.15) is 5.75 Å². The van der Waals surface area contributed by atoms with Crippen LogP contribution in [0.25, 0.3) is 0 Å². The normalized spacial score (nSPS) is 11.1. The smallest absolute Gasteiger partial charge is 0.228 e. The molecule has 24 heavy (non-hydrogen) atoms. The lowest BCUT2D eigenvalue weighted by atomic mass is 10.1. The van der Waals surface area contributed by atoms with Crippen LogP contribution in [0.2, 0.25) is 0 Å². The fourth-order valence-electron chi connectivity index (χ4n) is 2.24. The molecule has 0 unspecified atom stereocenters. The van der Waals surface area contributed by atoms with Crippen molar-refractivity contribution >= 4 is 21.4 Å². The molecule has 0 radical (unpaired) electrons. The Labute approximate surface area is 142 Å². The highest BCUT2D eigenvalue weighted by Crippen LogP contribution is 2.18. The number of carbonyl (C=O) groups is 1. The number of hydrogen-bond donors (Lipinski definition) is 1. The van der Waals surface area contributed by atoms with Gasteiger partial charge in [0.2, 0.25) is 5.91 Å². The summed E-state index contributed by atoms with van der Waals surface area (Å²) in [6.45, 7) is 2.68. The van der Waals surface area contributed by atoms with Crippen LogP contribution in [0.15, 0.2) is 53.4 Å². The molecule has 2 rings (SSSR count). The van der Waals surface area contributed by atoms with Crippen molar-refractivity contribution in [2.75, 3.05) is 18.2 Å². The maximum atomic E-state index is 12.2. The van der Waals surface area contributed by atoms with Gasteiger partial charge >= 0.3 is 0 Å². The Balaban J connectivity index is 2.04. The standard InChI is InChI=1S/C18H21NO4S/c1-3-12-23-16-10-8-15(9-11-16)19-18(20)13-14-6-4-5-7-17(14)24(2,21)22/h4-11H,3,12-13H2,1-2H3,(H,19,20). The van der Waals surface area contributed by atoms with E-state index in [2.05, 4.69) is 5.32 Å².